The van der Waals surface area contributed by atoms with Gasteiger partial charge in [-0.05, 0) is 18.6 Å². The average molecular weight is 249 g/mol. The predicted molar refractivity (Wildman–Crippen MR) is 59.0 cm³/mol. The monoisotopic (exact) mass is 248 g/mol. The molecule has 0 spiro atoms. The molecule has 1 rings (SSSR count). The zero-order valence-electron chi connectivity index (χ0n) is 7.81. The van der Waals surface area contributed by atoms with E-state index in [2.05, 4.69) is 0 Å². The fraction of sp³-hybridized carbons (Fsp3) is 0.125. The van der Waals surface area contributed by atoms with Crippen molar-refractivity contribution in [3.63, 3.8) is 0 Å². The highest BCUT2D eigenvalue weighted by Crippen LogP contribution is 2.29. The van der Waals surface area contributed by atoms with E-state index in [0.717, 1.165) is 0 Å². The molecule has 82 valence electrons. The first-order valence-corrected chi connectivity index (χ1v) is 5.35. The number of urea groups is 1. The van der Waals surface area contributed by atoms with Crippen LogP contribution in [0.1, 0.15) is 5.56 Å². The van der Waals surface area contributed by atoms with Gasteiger partial charge >= 0.3 is 6.03 Å². The first kappa shape index (κ1) is 12.0. The van der Waals surface area contributed by atoms with Crippen LogP contribution in [-0.2, 0) is 11.3 Å². The summed E-state index contributed by atoms with van der Waals surface area (Å²) in [5, 5.41) is 0.191. The Kier molecular flexibility index (Phi) is 3.67. The lowest BCUT2D eigenvalue weighted by Crippen LogP contribution is -2.37. The van der Waals surface area contributed by atoms with E-state index in [9.17, 15) is 9.00 Å². The van der Waals surface area contributed by atoms with Crippen LogP contribution < -0.4 is 10.0 Å². The van der Waals surface area contributed by atoms with Crippen molar-refractivity contribution in [2.75, 3.05) is 4.31 Å². The van der Waals surface area contributed by atoms with Crippen molar-refractivity contribution in [1.82, 2.24) is 0 Å². The molecule has 1 atom stereocenters. The standard InChI is InChI=1S/C8H9ClN2O3S/c1-5-3-2-4-6(9)7(5)11(8(10)12)15(13)14/h2-4H,1H3,(H2,10,12)(H,13,14). The molecule has 0 bridgehead atoms. The molecule has 3 N–H and O–H groups in total. The van der Waals surface area contributed by atoms with E-state index in [-0.39, 0.29) is 10.7 Å². The fourth-order valence-corrected chi connectivity index (χ4v) is 2.05. The molecule has 1 unspecified atom stereocenters. The number of carbonyl (C=O) groups excluding carboxylic acids is 1. The number of primary amides is 1. The van der Waals surface area contributed by atoms with Gasteiger partial charge in [0.15, 0.2) is 0 Å². The summed E-state index contributed by atoms with van der Waals surface area (Å²) in [5.74, 6) is 0. The Labute approximate surface area is 94.2 Å². The molecule has 1 aromatic rings. The minimum absolute atomic E-state index is 0.146. The van der Waals surface area contributed by atoms with Crippen molar-refractivity contribution in [3.05, 3.63) is 28.8 Å². The molecule has 15 heavy (non-hydrogen) atoms. The Morgan fingerprint density at radius 3 is 2.60 bits per heavy atom. The van der Waals surface area contributed by atoms with E-state index in [0.29, 0.717) is 9.87 Å². The molecule has 0 aliphatic heterocycles. The van der Waals surface area contributed by atoms with Crippen molar-refractivity contribution in [3.8, 4) is 0 Å². The van der Waals surface area contributed by atoms with Crippen LogP contribution in [0.15, 0.2) is 18.2 Å². The van der Waals surface area contributed by atoms with Gasteiger partial charge in [0, 0.05) is 0 Å². The number of nitrogens with zero attached hydrogens (tertiary/aromatic N) is 1. The van der Waals surface area contributed by atoms with Gasteiger partial charge in [0.25, 0.3) is 11.3 Å². The van der Waals surface area contributed by atoms with Gasteiger partial charge in [-0.1, -0.05) is 23.7 Å². The SMILES string of the molecule is Cc1cccc(Cl)c1N(C(N)=O)S(=O)O. The summed E-state index contributed by atoms with van der Waals surface area (Å²) in [4.78, 5) is 11.0. The van der Waals surface area contributed by atoms with E-state index in [1.807, 2.05) is 0 Å². The van der Waals surface area contributed by atoms with Crippen LogP contribution in [0.4, 0.5) is 10.5 Å². The van der Waals surface area contributed by atoms with Crippen LogP contribution in [0.5, 0.6) is 0 Å². The lowest BCUT2D eigenvalue weighted by Gasteiger charge is -2.18. The topological polar surface area (TPSA) is 83.6 Å². The molecule has 5 nitrogen and oxygen atoms in total. The molecule has 7 heteroatoms. The highest BCUT2D eigenvalue weighted by Gasteiger charge is 2.22. The van der Waals surface area contributed by atoms with E-state index in [4.69, 9.17) is 21.9 Å². The number of para-hydroxylation sites is 1. The fourth-order valence-electron chi connectivity index (χ4n) is 1.15. The average Bonchev–Trinajstić information content (AvgIpc) is 2.09. The maximum absolute atomic E-state index is 11.0. The van der Waals surface area contributed by atoms with Gasteiger partial charge in [-0.3, -0.25) is 4.55 Å². The first-order valence-electron chi connectivity index (χ1n) is 3.90. The van der Waals surface area contributed by atoms with Crippen molar-refractivity contribution in [2.45, 2.75) is 6.92 Å². The van der Waals surface area contributed by atoms with Gasteiger partial charge in [-0.2, -0.15) is 4.31 Å². The number of halogens is 1. The van der Waals surface area contributed by atoms with Gasteiger partial charge < -0.3 is 5.73 Å². The third-order valence-corrected chi connectivity index (χ3v) is 2.73. The second kappa shape index (κ2) is 4.61. The van der Waals surface area contributed by atoms with E-state index < -0.39 is 17.3 Å². The van der Waals surface area contributed by atoms with E-state index >= 15 is 0 Å². The summed E-state index contributed by atoms with van der Waals surface area (Å²) >= 11 is 3.29. The normalized spacial score (nSPS) is 12.2. The largest absolute Gasteiger partial charge is 0.350 e. The van der Waals surface area contributed by atoms with Gasteiger partial charge in [0.05, 0.1) is 10.7 Å². The van der Waals surface area contributed by atoms with Crippen molar-refractivity contribution >= 4 is 34.6 Å². The molecule has 0 aromatic heterocycles. The maximum Gasteiger partial charge on any atom is 0.333 e. The Hall–Kier alpha value is -1.11. The number of hydrogen-bond acceptors (Lipinski definition) is 2. The van der Waals surface area contributed by atoms with Gasteiger partial charge in [0.2, 0.25) is 0 Å². The van der Waals surface area contributed by atoms with Gasteiger partial charge in [-0.25, -0.2) is 9.00 Å². The number of hydrogen-bond donors (Lipinski definition) is 2. The van der Waals surface area contributed by atoms with Crippen LogP contribution in [0, 0.1) is 6.92 Å². The van der Waals surface area contributed by atoms with Crippen LogP contribution in [-0.4, -0.2) is 14.8 Å². The zero-order valence-corrected chi connectivity index (χ0v) is 9.38. The summed E-state index contributed by atoms with van der Waals surface area (Å²) in [6, 6.07) is 3.80. The molecule has 2 amide bonds. The first-order chi connectivity index (χ1) is 6.95. The molecule has 0 saturated carbocycles. The molecule has 0 heterocycles. The number of amides is 2. The van der Waals surface area contributed by atoms with E-state index in [1.54, 1.807) is 19.1 Å². The number of nitrogens with two attached hydrogens (primary N) is 1. The predicted octanol–water partition coefficient (Wildman–Crippen LogP) is 1.67. The zero-order chi connectivity index (χ0) is 11.6. The van der Waals surface area contributed by atoms with Crippen molar-refractivity contribution in [1.29, 1.82) is 0 Å². The second-order valence-corrected chi connectivity index (χ2v) is 4.00. The smallest absolute Gasteiger partial charge is 0.333 e. The summed E-state index contributed by atoms with van der Waals surface area (Å²) < 4.78 is 20.4. The van der Waals surface area contributed by atoms with Gasteiger partial charge in [0.1, 0.15) is 0 Å². The quantitative estimate of drug-likeness (QED) is 0.781. The van der Waals surface area contributed by atoms with Crippen LogP contribution >= 0.6 is 11.6 Å². The van der Waals surface area contributed by atoms with E-state index in [1.165, 1.54) is 6.07 Å². The van der Waals surface area contributed by atoms with Crippen molar-refractivity contribution in [2.24, 2.45) is 5.73 Å². The molecule has 1 aromatic carbocycles. The maximum atomic E-state index is 11.0. The Morgan fingerprint density at radius 1 is 1.60 bits per heavy atom. The minimum atomic E-state index is -2.53. The molecular formula is C8H9ClN2O3S. The molecule has 0 fully saturated rings. The minimum Gasteiger partial charge on any atom is -0.350 e. The number of benzene rings is 1. The summed E-state index contributed by atoms with van der Waals surface area (Å²) in [5.41, 5.74) is 5.72. The summed E-state index contributed by atoms with van der Waals surface area (Å²) in [7, 11) is 0. The van der Waals surface area contributed by atoms with Crippen LogP contribution in [0.25, 0.3) is 0 Å². The summed E-state index contributed by atoms with van der Waals surface area (Å²) in [6.07, 6.45) is 0. The van der Waals surface area contributed by atoms with Crippen LogP contribution in [0.3, 0.4) is 0 Å². The Bertz CT molecular complexity index is 390. The molecule has 0 radical (unpaired) electrons. The number of carbonyl (C=O) groups is 1. The Balaban J connectivity index is 3.35. The Morgan fingerprint density at radius 2 is 2.20 bits per heavy atom. The molecule has 0 saturated heterocycles. The van der Waals surface area contributed by atoms with Crippen molar-refractivity contribution < 1.29 is 13.6 Å². The molecular weight excluding hydrogens is 240 g/mol. The highest BCUT2D eigenvalue weighted by molar-refractivity contribution is 7.81. The lowest BCUT2D eigenvalue weighted by molar-refractivity contribution is 0.256. The second-order valence-electron chi connectivity index (χ2n) is 2.77. The number of anilines is 1. The van der Waals surface area contributed by atoms with Crippen LogP contribution in [0.2, 0.25) is 5.02 Å². The third kappa shape index (κ3) is 2.47. The third-order valence-electron chi connectivity index (χ3n) is 1.75. The lowest BCUT2D eigenvalue weighted by atomic mass is 10.2. The number of aryl methyl sites for hydroxylation is 1. The summed E-state index contributed by atoms with van der Waals surface area (Å²) in [6.45, 7) is 1.66. The van der Waals surface area contributed by atoms with Gasteiger partial charge in [-0.15, -0.1) is 0 Å². The highest BCUT2D eigenvalue weighted by atomic mass is 35.5. The molecule has 0 aliphatic rings. The molecule has 0 aliphatic carbocycles. The number of rotatable bonds is 2.